The first kappa shape index (κ1) is 19.1. The van der Waals surface area contributed by atoms with Crippen LogP contribution in [0, 0.1) is 5.92 Å². The van der Waals surface area contributed by atoms with E-state index in [4.69, 9.17) is 16.3 Å². The molecule has 1 aliphatic heterocycles. The van der Waals surface area contributed by atoms with Crippen LogP contribution in [0.3, 0.4) is 0 Å². The summed E-state index contributed by atoms with van der Waals surface area (Å²) < 4.78 is 5.47. The number of methoxy groups -OCH3 is 1. The smallest absolute Gasteiger partial charge is 0.226 e. The molecule has 2 aliphatic rings. The molecule has 0 bridgehead atoms. The van der Waals surface area contributed by atoms with Crippen LogP contribution in [0.1, 0.15) is 36.9 Å². The number of hydrogen-bond donors (Lipinski definition) is 3. The van der Waals surface area contributed by atoms with E-state index in [1.807, 2.05) is 4.90 Å². The first-order valence-corrected chi connectivity index (χ1v) is 9.95. The Morgan fingerprint density at radius 2 is 2.14 bits per heavy atom. The summed E-state index contributed by atoms with van der Waals surface area (Å²) in [6.45, 7) is 1.08. The fraction of sp³-hybridized carbons (Fsp3) is 0.500. The van der Waals surface area contributed by atoms with Gasteiger partial charge in [0.05, 0.1) is 11.1 Å². The molecule has 1 saturated carbocycles. The standard InChI is InChI=1S/C20H24ClN3O4/c1-28-12-4-2-3-11(7-12)20(27)24-6-5-16-14(10-24)19(23-22-16)13-8-15(21)18(26)9-17(13)25/h8-9,11-12,25-26H,2-7,10H2,1H3,(H,22,23)/t11-,12+/m0/s1. The van der Waals surface area contributed by atoms with Gasteiger partial charge in [-0.05, 0) is 25.3 Å². The van der Waals surface area contributed by atoms with Gasteiger partial charge in [-0.15, -0.1) is 0 Å². The van der Waals surface area contributed by atoms with E-state index >= 15 is 0 Å². The number of rotatable bonds is 3. The summed E-state index contributed by atoms with van der Waals surface area (Å²) in [5.41, 5.74) is 2.84. The second-order valence-electron chi connectivity index (χ2n) is 7.58. The normalized spacial score (nSPS) is 22.1. The highest BCUT2D eigenvalue weighted by molar-refractivity contribution is 6.32. The average Bonchev–Trinajstić information content (AvgIpc) is 3.13. The predicted molar refractivity (Wildman–Crippen MR) is 104 cm³/mol. The zero-order chi connectivity index (χ0) is 19.8. The van der Waals surface area contributed by atoms with Crippen molar-refractivity contribution in [3.05, 3.63) is 28.4 Å². The Balaban J connectivity index is 1.58. The van der Waals surface area contributed by atoms with Gasteiger partial charge >= 0.3 is 0 Å². The van der Waals surface area contributed by atoms with Crippen LogP contribution in [-0.4, -0.2) is 51.0 Å². The maximum absolute atomic E-state index is 13.1. The number of aromatic amines is 1. The van der Waals surface area contributed by atoms with Crippen molar-refractivity contribution in [2.45, 2.75) is 44.8 Å². The molecule has 0 saturated heterocycles. The molecular weight excluding hydrogens is 382 g/mol. The number of nitrogens with zero attached hydrogens (tertiary/aromatic N) is 2. The lowest BCUT2D eigenvalue weighted by Crippen LogP contribution is -2.42. The molecule has 1 aromatic carbocycles. The highest BCUT2D eigenvalue weighted by atomic mass is 35.5. The monoisotopic (exact) mass is 405 g/mol. The molecule has 1 amide bonds. The third-order valence-corrected chi connectivity index (χ3v) is 6.18. The van der Waals surface area contributed by atoms with Crippen LogP contribution in [0.4, 0.5) is 0 Å². The van der Waals surface area contributed by atoms with Crippen molar-refractivity contribution in [3.63, 3.8) is 0 Å². The Kier molecular flexibility index (Phi) is 5.21. The van der Waals surface area contributed by atoms with Crippen molar-refractivity contribution in [2.75, 3.05) is 13.7 Å². The van der Waals surface area contributed by atoms with Gasteiger partial charge < -0.3 is 19.8 Å². The molecule has 2 aromatic rings. The molecule has 0 radical (unpaired) electrons. The number of nitrogens with one attached hydrogen (secondary N) is 1. The Labute approximate surface area is 168 Å². The molecule has 28 heavy (non-hydrogen) atoms. The third kappa shape index (κ3) is 3.44. The summed E-state index contributed by atoms with van der Waals surface area (Å²) in [4.78, 5) is 15.0. The van der Waals surface area contributed by atoms with Gasteiger partial charge in [-0.1, -0.05) is 18.0 Å². The number of hydrogen-bond acceptors (Lipinski definition) is 5. The van der Waals surface area contributed by atoms with Gasteiger partial charge in [-0.3, -0.25) is 9.89 Å². The van der Waals surface area contributed by atoms with E-state index in [-0.39, 0.29) is 34.5 Å². The van der Waals surface area contributed by atoms with Crippen molar-refractivity contribution < 1.29 is 19.7 Å². The van der Waals surface area contributed by atoms with E-state index in [1.165, 1.54) is 12.1 Å². The van der Waals surface area contributed by atoms with E-state index in [0.717, 1.165) is 36.9 Å². The quantitative estimate of drug-likeness (QED) is 0.728. The van der Waals surface area contributed by atoms with E-state index in [1.54, 1.807) is 7.11 Å². The highest BCUT2D eigenvalue weighted by Crippen LogP contribution is 2.39. The van der Waals surface area contributed by atoms with Gasteiger partial charge in [0.1, 0.15) is 17.2 Å². The maximum atomic E-state index is 13.1. The average molecular weight is 406 g/mol. The van der Waals surface area contributed by atoms with Crippen LogP contribution in [0.15, 0.2) is 12.1 Å². The summed E-state index contributed by atoms with van der Waals surface area (Å²) in [6.07, 6.45) is 4.52. The van der Waals surface area contributed by atoms with Gasteiger partial charge in [-0.25, -0.2) is 0 Å². The largest absolute Gasteiger partial charge is 0.507 e. The van der Waals surface area contributed by atoms with E-state index in [2.05, 4.69) is 10.2 Å². The third-order valence-electron chi connectivity index (χ3n) is 5.87. The first-order valence-electron chi connectivity index (χ1n) is 9.57. The van der Waals surface area contributed by atoms with Gasteiger partial charge in [0.15, 0.2) is 0 Å². The number of amides is 1. The number of benzene rings is 1. The molecule has 3 N–H and O–H groups in total. The van der Waals surface area contributed by atoms with Crippen LogP contribution < -0.4 is 0 Å². The summed E-state index contributed by atoms with van der Waals surface area (Å²) in [5, 5.41) is 27.4. The zero-order valence-electron chi connectivity index (χ0n) is 15.7. The lowest BCUT2D eigenvalue weighted by molar-refractivity contribution is -0.139. The second kappa shape index (κ2) is 7.64. The van der Waals surface area contributed by atoms with E-state index in [0.29, 0.717) is 30.8 Å². The van der Waals surface area contributed by atoms with Crippen molar-refractivity contribution in [3.8, 4) is 22.8 Å². The van der Waals surface area contributed by atoms with Crippen LogP contribution in [-0.2, 0) is 22.5 Å². The van der Waals surface area contributed by atoms with Crippen LogP contribution in [0.5, 0.6) is 11.5 Å². The van der Waals surface area contributed by atoms with Gasteiger partial charge in [0.2, 0.25) is 5.91 Å². The molecule has 150 valence electrons. The molecule has 0 unspecified atom stereocenters. The van der Waals surface area contributed by atoms with Crippen molar-refractivity contribution in [2.24, 2.45) is 5.92 Å². The van der Waals surface area contributed by atoms with Crippen LogP contribution in [0.25, 0.3) is 11.3 Å². The summed E-state index contributed by atoms with van der Waals surface area (Å²) >= 11 is 6.02. The molecule has 2 heterocycles. The number of aromatic hydroxyl groups is 2. The lowest BCUT2D eigenvalue weighted by Gasteiger charge is -2.34. The van der Waals surface area contributed by atoms with E-state index < -0.39 is 0 Å². The number of ether oxygens (including phenoxy) is 1. The zero-order valence-corrected chi connectivity index (χ0v) is 16.5. The maximum Gasteiger partial charge on any atom is 0.226 e. The molecule has 4 rings (SSSR count). The van der Waals surface area contributed by atoms with Gasteiger partial charge in [0, 0.05) is 55.4 Å². The predicted octanol–water partition coefficient (Wildman–Crippen LogP) is 3.23. The van der Waals surface area contributed by atoms with Crippen molar-refractivity contribution in [1.82, 2.24) is 15.1 Å². The SMILES string of the molecule is CO[C@@H]1CCC[C@H](C(=O)N2CCc3[nH]nc(-c4cc(Cl)c(O)cc4O)c3C2)C1. The Hall–Kier alpha value is -2.25. The minimum atomic E-state index is -0.186. The van der Waals surface area contributed by atoms with E-state index in [9.17, 15) is 15.0 Å². The molecule has 7 nitrogen and oxygen atoms in total. The number of carbonyl (C=O) groups is 1. The summed E-state index contributed by atoms with van der Waals surface area (Å²) in [7, 11) is 1.71. The molecule has 0 spiro atoms. The van der Waals surface area contributed by atoms with Crippen molar-refractivity contribution in [1.29, 1.82) is 0 Å². The van der Waals surface area contributed by atoms with Crippen LogP contribution >= 0.6 is 11.6 Å². The molecular formula is C20H24ClN3O4. The lowest BCUT2D eigenvalue weighted by atomic mass is 9.85. The fourth-order valence-electron chi connectivity index (χ4n) is 4.29. The summed E-state index contributed by atoms with van der Waals surface area (Å²) in [6, 6.07) is 2.70. The topological polar surface area (TPSA) is 98.7 Å². The second-order valence-corrected chi connectivity index (χ2v) is 7.99. The number of aromatic nitrogens is 2. The van der Waals surface area contributed by atoms with Crippen LogP contribution in [0.2, 0.25) is 5.02 Å². The molecule has 2 atom stereocenters. The summed E-state index contributed by atoms with van der Waals surface area (Å²) in [5.74, 6) is -0.136. The number of phenolic OH excluding ortho intramolecular Hbond substituents is 2. The number of fused-ring (bicyclic) bond motifs is 1. The minimum absolute atomic E-state index is 0.00730. The van der Waals surface area contributed by atoms with Crippen molar-refractivity contribution >= 4 is 17.5 Å². The molecule has 1 fully saturated rings. The Bertz CT molecular complexity index is 898. The highest BCUT2D eigenvalue weighted by Gasteiger charge is 2.33. The van der Waals surface area contributed by atoms with Gasteiger partial charge in [0.25, 0.3) is 0 Å². The first-order chi connectivity index (χ1) is 13.5. The number of carbonyl (C=O) groups excluding carboxylic acids is 1. The molecule has 1 aliphatic carbocycles. The Morgan fingerprint density at radius 3 is 2.93 bits per heavy atom. The fourth-order valence-corrected chi connectivity index (χ4v) is 4.45. The van der Waals surface area contributed by atoms with Gasteiger partial charge in [-0.2, -0.15) is 5.10 Å². The minimum Gasteiger partial charge on any atom is -0.507 e. The molecule has 8 heteroatoms. The number of H-pyrrole nitrogens is 1. The Morgan fingerprint density at radius 1 is 1.32 bits per heavy atom. The number of halogens is 1. The molecule has 1 aromatic heterocycles. The number of phenols is 2.